The number of carbonyl (C=O) groups is 1. The van der Waals surface area contributed by atoms with E-state index in [0.29, 0.717) is 18.1 Å². The van der Waals surface area contributed by atoms with E-state index in [2.05, 4.69) is 15.5 Å². The summed E-state index contributed by atoms with van der Waals surface area (Å²) in [7, 11) is 0. The van der Waals surface area contributed by atoms with Crippen LogP contribution in [0.15, 0.2) is 34.9 Å². The highest BCUT2D eigenvalue weighted by molar-refractivity contribution is 5.68. The SMILES string of the molecule is CC(C)(C)OC(=O)NC1CCC(c2nc(Cc3ccccc3)no2)C1. The minimum Gasteiger partial charge on any atom is -0.444 e. The molecule has 2 aromatic rings. The highest BCUT2D eigenvalue weighted by Crippen LogP contribution is 2.33. The van der Waals surface area contributed by atoms with Crippen molar-refractivity contribution in [1.82, 2.24) is 15.5 Å². The number of alkyl carbamates (subject to hydrolysis) is 1. The van der Waals surface area contributed by atoms with Crippen molar-refractivity contribution in [3.05, 3.63) is 47.6 Å². The molecule has 1 saturated carbocycles. The summed E-state index contributed by atoms with van der Waals surface area (Å²) in [6, 6.07) is 10.2. The van der Waals surface area contributed by atoms with Crippen LogP contribution in [-0.2, 0) is 11.2 Å². The Hall–Kier alpha value is -2.37. The predicted molar refractivity (Wildman–Crippen MR) is 93.3 cm³/mol. The summed E-state index contributed by atoms with van der Waals surface area (Å²) in [5.74, 6) is 1.56. The van der Waals surface area contributed by atoms with Gasteiger partial charge in [-0.1, -0.05) is 35.5 Å². The second-order valence-electron chi connectivity index (χ2n) is 7.56. The Labute approximate surface area is 148 Å². The molecule has 1 aliphatic carbocycles. The minimum atomic E-state index is -0.485. The van der Waals surface area contributed by atoms with Crippen LogP contribution in [0.1, 0.15) is 63.2 Å². The molecule has 1 heterocycles. The van der Waals surface area contributed by atoms with Crippen LogP contribution in [0.2, 0.25) is 0 Å². The predicted octanol–water partition coefficient (Wildman–Crippen LogP) is 3.82. The Kier molecular flexibility index (Phi) is 5.06. The molecule has 1 fully saturated rings. The Morgan fingerprint density at radius 3 is 2.76 bits per heavy atom. The Morgan fingerprint density at radius 2 is 2.04 bits per heavy atom. The van der Waals surface area contributed by atoms with E-state index in [-0.39, 0.29) is 18.1 Å². The first kappa shape index (κ1) is 17.5. The molecule has 1 aromatic carbocycles. The molecule has 134 valence electrons. The fraction of sp³-hybridized carbons (Fsp3) is 0.526. The minimum absolute atomic E-state index is 0.0873. The molecular weight excluding hydrogens is 318 g/mol. The van der Waals surface area contributed by atoms with Crippen molar-refractivity contribution in [2.45, 2.75) is 64.0 Å². The van der Waals surface area contributed by atoms with E-state index in [1.165, 1.54) is 0 Å². The van der Waals surface area contributed by atoms with Gasteiger partial charge in [0.15, 0.2) is 5.82 Å². The summed E-state index contributed by atoms with van der Waals surface area (Å²) in [6.45, 7) is 5.57. The van der Waals surface area contributed by atoms with Crippen LogP contribution >= 0.6 is 0 Å². The normalized spacial score (nSPS) is 20.4. The molecule has 3 rings (SSSR count). The molecule has 0 aliphatic heterocycles. The van der Waals surface area contributed by atoms with Crippen LogP contribution in [0.5, 0.6) is 0 Å². The first-order valence-electron chi connectivity index (χ1n) is 8.75. The quantitative estimate of drug-likeness (QED) is 0.913. The lowest BCUT2D eigenvalue weighted by Gasteiger charge is -2.21. The number of carbonyl (C=O) groups excluding carboxylic acids is 1. The Bertz CT molecular complexity index is 706. The van der Waals surface area contributed by atoms with Crippen molar-refractivity contribution in [3.63, 3.8) is 0 Å². The van der Waals surface area contributed by atoms with E-state index in [9.17, 15) is 4.79 Å². The van der Waals surface area contributed by atoms with Crippen molar-refractivity contribution in [2.24, 2.45) is 0 Å². The van der Waals surface area contributed by atoms with Crippen molar-refractivity contribution in [3.8, 4) is 0 Å². The van der Waals surface area contributed by atoms with Crippen molar-refractivity contribution < 1.29 is 14.1 Å². The number of nitrogens with zero attached hydrogens (tertiary/aromatic N) is 2. The van der Waals surface area contributed by atoms with Crippen LogP contribution in [0.25, 0.3) is 0 Å². The van der Waals surface area contributed by atoms with Gasteiger partial charge in [0.1, 0.15) is 5.60 Å². The van der Waals surface area contributed by atoms with Crippen molar-refractivity contribution in [2.75, 3.05) is 0 Å². The van der Waals surface area contributed by atoms with Gasteiger partial charge in [-0.25, -0.2) is 4.79 Å². The molecule has 0 spiro atoms. The number of benzene rings is 1. The fourth-order valence-corrected chi connectivity index (χ4v) is 3.09. The van der Waals surface area contributed by atoms with Crippen LogP contribution in [0.4, 0.5) is 4.79 Å². The second kappa shape index (κ2) is 7.25. The molecule has 1 aliphatic rings. The summed E-state index contributed by atoms with van der Waals surface area (Å²) < 4.78 is 10.8. The molecule has 6 heteroatoms. The van der Waals surface area contributed by atoms with E-state index in [1.54, 1.807) is 0 Å². The highest BCUT2D eigenvalue weighted by Gasteiger charge is 2.31. The van der Waals surface area contributed by atoms with Gasteiger partial charge in [0.05, 0.1) is 0 Å². The van der Waals surface area contributed by atoms with Gasteiger partial charge in [0, 0.05) is 18.4 Å². The van der Waals surface area contributed by atoms with E-state index in [0.717, 1.165) is 24.8 Å². The average molecular weight is 343 g/mol. The van der Waals surface area contributed by atoms with Crippen LogP contribution in [0.3, 0.4) is 0 Å². The van der Waals surface area contributed by atoms with E-state index in [4.69, 9.17) is 9.26 Å². The average Bonchev–Trinajstić information content (AvgIpc) is 3.15. The van der Waals surface area contributed by atoms with Gasteiger partial charge in [-0.3, -0.25) is 0 Å². The highest BCUT2D eigenvalue weighted by atomic mass is 16.6. The maximum Gasteiger partial charge on any atom is 0.407 e. The number of nitrogens with one attached hydrogen (secondary N) is 1. The standard InChI is InChI=1S/C19H25N3O3/c1-19(2,3)24-18(23)20-15-10-9-14(12-15)17-21-16(22-25-17)11-13-7-5-4-6-8-13/h4-8,14-15H,9-12H2,1-3H3,(H,20,23). The number of rotatable bonds is 4. The van der Waals surface area contributed by atoms with Gasteiger partial charge in [-0.15, -0.1) is 0 Å². The summed E-state index contributed by atoms with van der Waals surface area (Å²) in [5, 5.41) is 7.02. The molecular formula is C19H25N3O3. The number of hydrogen-bond acceptors (Lipinski definition) is 5. The molecule has 25 heavy (non-hydrogen) atoms. The zero-order valence-electron chi connectivity index (χ0n) is 15.0. The topological polar surface area (TPSA) is 77.2 Å². The third-order valence-electron chi connectivity index (χ3n) is 4.19. The molecule has 0 bridgehead atoms. The van der Waals surface area contributed by atoms with Gasteiger partial charge in [0.2, 0.25) is 5.89 Å². The van der Waals surface area contributed by atoms with Gasteiger partial charge in [-0.2, -0.15) is 4.98 Å². The lowest BCUT2D eigenvalue weighted by molar-refractivity contribution is 0.0505. The largest absolute Gasteiger partial charge is 0.444 e. The van der Waals surface area contributed by atoms with Crippen molar-refractivity contribution >= 4 is 6.09 Å². The summed E-state index contributed by atoms with van der Waals surface area (Å²) in [4.78, 5) is 16.4. The second-order valence-corrected chi connectivity index (χ2v) is 7.56. The van der Waals surface area contributed by atoms with Gasteiger partial charge in [-0.05, 0) is 45.6 Å². The van der Waals surface area contributed by atoms with E-state index < -0.39 is 5.60 Å². The Morgan fingerprint density at radius 1 is 1.28 bits per heavy atom. The lowest BCUT2D eigenvalue weighted by atomic mass is 10.1. The zero-order chi connectivity index (χ0) is 17.9. The molecule has 1 amide bonds. The third kappa shape index (κ3) is 5.05. The fourth-order valence-electron chi connectivity index (χ4n) is 3.09. The number of aromatic nitrogens is 2. The van der Waals surface area contributed by atoms with Gasteiger partial charge >= 0.3 is 6.09 Å². The maximum atomic E-state index is 11.9. The van der Waals surface area contributed by atoms with Gasteiger partial charge < -0.3 is 14.6 Å². The van der Waals surface area contributed by atoms with Crippen molar-refractivity contribution in [1.29, 1.82) is 0 Å². The summed E-state index contributed by atoms with van der Waals surface area (Å²) >= 11 is 0. The van der Waals surface area contributed by atoms with E-state index in [1.807, 2.05) is 51.1 Å². The van der Waals surface area contributed by atoms with E-state index >= 15 is 0 Å². The molecule has 0 radical (unpaired) electrons. The first-order valence-corrected chi connectivity index (χ1v) is 8.75. The summed E-state index contributed by atoms with van der Waals surface area (Å²) in [6.07, 6.45) is 2.91. The molecule has 6 nitrogen and oxygen atoms in total. The lowest BCUT2D eigenvalue weighted by Crippen LogP contribution is -2.37. The van der Waals surface area contributed by atoms with Crippen LogP contribution < -0.4 is 5.32 Å². The molecule has 1 N–H and O–H groups in total. The number of hydrogen-bond donors (Lipinski definition) is 1. The molecule has 2 unspecified atom stereocenters. The number of ether oxygens (including phenoxy) is 1. The molecule has 1 aromatic heterocycles. The zero-order valence-corrected chi connectivity index (χ0v) is 15.0. The van der Waals surface area contributed by atoms with Gasteiger partial charge in [0.25, 0.3) is 0 Å². The van der Waals surface area contributed by atoms with Crippen LogP contribution in [-0.4, -0.2) is 27.9 Å². The molecule has 0 saturated heterocycles. The maximum absolute atomic E-state index is 11.9. The smallest absolute Gasteiger partial charge is 0.407 e. The van der Waals surface area contributed by atoms with Crippen LogP contribution in [0, 0.1) is 0 Å². The number of amides is 1. The summed E-state index contributed by atoms with van der Waals surface area (Å²) in [5.41, 5.74) is 0.673. The first-order chi connectivity index (χ1) is 11.9. The molecule has 2 atom stereocenters. The third-order valence-corrected chi connectivity index (χ3v) is 4.19. The Balaban J connectivity index is 1.53. The monoisotopic (exact) mass is 343 g/mol.